The van der Waals surface area contributed by atoms with E-state index < -0.39 is 0 Å². The second-order valence-corrected chi connectivity index (χ2v) is 10.7. The first kappa shape index (κ1) is 24.1. The first-order valence-corrected chi connectivity index (χ1v) is 13.2. The number of rotatable bonds is 6. The van der Waals surface area contributed by atoms with Crippen LogP contribution in [0.1, 0.15) is 59.9 Å². The van der Waals surface area contributed by atoms with Gasteiger partial charge in [-0.25, -0.2) is 4.79 Å². The zero-order valence-electron chi connectivity index (χ0n) is 21.3. The molecular weight excluding hydrogens is 436 g/mol. The Hall–Kier alpha value is -2.63. The van der Waals surface area contributed by atoms with Crippen LogP contribution in [0.3, 0.4) is 0 Å². The van der Waals surface area contributed by atoms with Crippen molar-refractivity contribution in [2.75, 3.05) is 26.7 Å². The highest BCUT2D eigenvalue weighted by molar-refractivity contribution is 5.89. The van der Waals surface area contributed by atoms with E-state index in [1.807, 2.05) is 50.2 Å². The van der Waals surface area contributed by atoms with Crippen LogP contribution >= 0.6 is 0 Å². The maximum absolute atomic E-state index is 12.8. The van der Waals surface area contributed by atoms with Crippen LogP contribution in [0.2, 0.25) is 0 Å². The first-order valence-electron chi connectivity index (χ1n) is 13.2. The SMILES string of the molecule is Cc1cc2oc(=O)c(Cc3ccccc3)c(C)c2c(O)c1CN(C)CC1CCCN2CCCCC12. The predicted molar refractivity (Wildman–Crippen MR) is 141 cm³/mol. The van der Waals surface area contributed by atoms with Crippen molar-refractivity contribution in [3.05, 3.63) is 74.6 Å². The Morgan fingerprint density at radius 3 is 2.63 bits per heavy atom. The Morgan fingerprint density at radius 1 is 1.06 bits per heavy atom. The van der Waals surface area contributed by atoms with Crippen molar-refractivity contribution < 1.29 is 9.52 Å². The quantitative estimate of drug-likeness (QED) is 0.485. The minimum absolute atomic E-state index is 0.255. The van der Waals surface area contributed by atoms with Crippen molar-refractivity contribution in [1.82, 2.24) is 9.80 Å². The molecule has 3 heterocycles. The molecule has 0 amide bonds. The van der Waals surface area contributed by atoms with E-state index in [4.69, 9.17) is 4.42 Å². The molecule has 1 aromatic heterocycles. The van der Waals surface area contributed by atoms with E-state index in [1.165, 1.54) is 45.2 Å². The zero-order chi connectivity index (χ0) is 24.5. The summed E-state index contributed by atoms with van der Waals surface area (Å²) in [5.74, 6) is 0.944. The van der Waals surface area contributed by atoms with E-state index in [1.54, 1.807) is 0 Å². The van der Waals surface area contributed by atoms with Crippen LogP contribution in [-0.2, 0) is 13.0 Å². The van der Waals surface area contributed by atoms with Crippen LogP contribution in [0.25, 0.3) is 11.0 Å². The van der Waals surface area contributed by atoms with E-state index in [-0.39, 0.29) is 11.4 Å². The Bertz CT molecular complexity index is 1250. The predicted octanol–water partition coefficient (Wildman–Crippen LogP) is 5.40. The molecular formula is C30H38N2O3. The lowest BCUT2D eigenvalue weighted by Gasteiger charge is -2.45. The van der Waals surface area contributed by atoms with Crippen LogP contribution in [0.15, 0.2) is 45.6 Å². The van der Waals surface area contributed by atoms with Crippen molar-refractivity contribution in [2.24, 2.45) is 5.92 Å². The second kappa shape index (κ2) is 10.2. The van der Waals surface area contributed by atoms with Crippen LogP contribution in [0.5, 0.6) is 5.75 Å². The third kappa shape index (κ3) is 4.89. The molecule has 2 fully saturated rings. The number of phenolic OH excluding ortho intramolecular Hbond substituents is 1. The molecule has 0 saturated carbocycles. The fourth-order valence-electron chi connectivity index (χ4n) is 6.45. The highest BCUT2D eigenvalue weighted by Gasteiger charge is 2.33. The highest BCUT2D eigenvalue weighted by Crippen LogP contribution is 2.36. The third-order valence-corrected chi connectivity index (χ3v) is 8.30. The number of fused-ring (bicyclic) bond motifs is 2. The molecule has 5 nitrogen and oxygen atoms in total. The third-order valence-electron chi connectivity index (χ3n) is 8.30. The minimum Gasteiger partial charge on any atom is -0.507 e. The summed E-state index contributed by atoms with van der Waals surface area (Å²) in [5, 5.41) is 12.1. The van der Waals surface area contributed by atoms with E-state index >= 15 is 0 Å². The number of nitrogens with zero attached hydrogens (tertiary/aromatic N) is 2. The summed E-state index contributed by atoms with van der Waals surface area (Å²) in [4.78, 5) is 17.9. The van der Waals surface area contributed by atoms with Gasteiger partial charge >= 0.3 is 5.63 Å². The number of piperidine rings is 2. The summed E-state index contributed by atoms with van der Waals surface area (Å²) in [6, 6.07) is 12.6. The van der Waals surface area contributed by atoms with Gasteiger partial charge in [0.25, 0.3) is 0 Å². The molecule has 2 unspecified atom stereocenters. The molecule has 2 atom stereocenters. The lowest BCUT2D eigenvalue weighted by Crippen LogP contribution is -2.50. The molecule has 0 bridgehead atoms. The maximum atomic E-state index is 12.8. The zero-order valence-corrected chi connectivity index (χ0v) is 21.3. The molecule has 5 rings (SSSR count). The van der Waals surface area contributed by atoms with Gasteiger partial charge in [-0.1, -0.05) is 36.8 Å². The van der Waals surface area contributed by atoms with Crippen LogP contribution < -0.4 is 5.63 Å². The average Bonchev–Trinajstić information content (AvgIpc) is 2.85. The Morgan fingerprint density at radius 2 is 1.83 bits per heavy atom. The van der Waals surface area contributed by atoms with Gasteiger partial charge in [0.05, 0.1) is 5.39 Å². The van der Waals surface area contributed by atoms with Gasteiger partial charge in [-0.2, -0.15) is 0 Å². The topological polar surface area (TPSA) is 56.9 Å². The van der Waals surface area contributed by atoms with Crippen LogP contribution in [0.4, 0.5) is 0 Å². The fraction of sp³-hybridized carbons (Fsp3) is 0.500. The van der Waals surface area contributed by atoms with Crippen molar-refractivity contribution in [3.8, 4) is 5.75 Å². The number of phenols is 1. The molecule has 2 aromatic carbocycles. The molecule has 0 radical (unpaired) electrons. The van der Waals surface area contributed by atoms with Gasteiger partial charge in [0.2, 0.25) is 0 Å². The monoisotopic (exact) mass is 474 g/mol. The van der Waals surface area contributed by atoms with E-state index in [2.05, 4.69) is 16.8 Å². The maximum Gasteiger partial charge on any atom is 0.340 e. The smallest absolute Gasteiger partial charge is 0.340 e. The first-order chi connectivity index (χ1) is 16.9. The second-order valence-electron chi connectivity index (χ2n) is 10.7. The number of hydrogen-bond donors (Lipinski definition) is 1. The summed E-state index contributed by atoms with van der Waals surface area (Å²) in [6.45, 7) is 8.17. The molecule has 2 aliphatic rings. The lowest BCUT2D eigenvalue weighted by molar-refractivity contribution is 0.0434. The number of aromatic hydroxyl groups is 1. The van der Waals surface area contributed by atoms with Gasteiger partial charge in [-0.3, -0.25) is 0 Å². The van der Waals surface area contributed by atoms with E-state index in [0.717, 1.165) is 28.8 Å². The van der Waals surface area contributed by atoms with Crippen molar-refractivity contribution in [2.45, 2.75) is 65.0 Å². The van der Waals surface area contributed by atoms with E-state index in [9.17, 15) is 9.90 Å². The largest absolute Gasteiger partial charge is 0.507 e. The molecule has 35 heavy (non-hydrogen) atoms. The number of benzene rings is 2. The average molecular weight is 475 g/mol. The van der Waals surface area contributed by atoms with Gasteiger partial charge in [0.15, 0.2) is 0 Å². The molecule has 186 valence electrons. The Kier molecular flexibility index (Phi) is 6.99. The molecule has 5 heteroatoms. The molecule has 2 aliphatic heterocycles. The molecule has 1 N–H and O–H groups in total. The van der Waals surface area contributed by atoms with E-state index in [0.29, 0.717) is 41.5 Å². The molecule has 0 aliphatic carbocycles. The minimum atomic E-state index is -0.322. The van der Waals surface area contributed by atoms with Gasteiger partial charge in [-0.15, -0.1) is 0 Å². The Labute approximate surface area is 208 Å². The van der Waals surface area contributed by atoms with Crippen molar-refractivity contribution in [1.29, 1.82) is 0 Å². The number of hydrogen-bond acceptors (Lipinski definition) is 5. The Balaban J connectivity index is 1.42. The van der Waals surface area contributed by atoms with Crippen molar-refractivity contribution >= 4 is 11.0 Å². The molecule has 3 aromatic rings. The molecule has 2 saturated heterocycles. The summed E-state index contributed by atoms with van der Waals surface area (Å²) >= 11 is 0. The molecule has 0 spiro atoms. The van der Waals surface area contributed by atoms with Gasteiger partial charge < -0.3 is 19.3 Å². The van der Waals surface area contributed by atoms with Crippen molar-refractivity contribution in [3.63, 3.8) is 0 Å². The fourth-order valence-corrected chi connectivity index (χ4v) is 6.45. The van der Waals surface area contributed by atoms with Gasteiger partial charge in [-0.05, 0) is 88.3 Å². The summed E-state index contributed by atoms with van der Waals surface area (Å²) < 4.78 is 5.71. The standard InChI is InChI=1S/C30H38N2O3/c1-20-16-27-28(21(2)24(30(34)35-27)17-22-10-5-4-6-11-22)29(33)25(20)19-31(3)18-23-12-9-15-32-14-8-7-13-26(23)32/h4-6,10-11,16,23,26,33H,7-9,12-15,17-19H2,1-3H3. The highest BCUT2D eigenvalue weighted by atomic mass is 16.4. The van der Waals surface area contributed by atoms with Crippen LogP contribution in [-0.4, -0.2) is 47.6 Å². The summed E-state index contributed by atoms with van der Waals surface area (Å²) in [7, 11) is 2.17. The summed E-state index contributed by atoms with van der Waals surface area (Å²) in [6.07, 6.45) is 7.08. The van der Waals surface area contributed by atoms with Gasteiger partial charge in [0.1, 0.15) is 11.3 Å². The van der Waals surface area contributed by atoms with Crippen LogP contribution in [0, 0.1) is 19.8 Å². The van der Waals surface area contributed by atoms with Gasteiger partial charge in [0, 0.05) is 36.7 Å². The summed E-state index contributed by atoms with van der Waals surface area (Å²) in [5.41, 5.74) is 4.51. The lowest BCUT2D eigenvalue weighted by atomic mass is 9.83. The normalized spacial score (nSPS) is 20.9. The number of aryl methyl sites for hydroxylation is 2.